The van der Waals surface area contributed by atoms with Gasteiger partial charge in [0.25, 0.3) is 5.91 Å². The molecule has 0 aliphatic rings. The Morgan fingerprint density at radius 1 is 1.47 bits per heavy atom. The highest BCUT2D eigenvalue weighted by atomic mass is 79.9. The van der Waals surface area contributed by atoms with Gasteiger partial charge in [0.15, 0.2) is 0 Å². The van der Waals surface area contributed by atoms with Crippen molar-refractivity contribution in [1.29, 1.82) is 0 Å². The maximum Gasteiger partial charge on any atom is 0.254 e. The summed E-state index contributed by atoms with van der Waals surface area (Å²) in [5.41, 5.74) is -0.0815. The number of rotatable bonds is 4. The second-order valence-corrected chi connectivity index (χ2v) is 5.09. The quantitative estimate of drug-likeness (QED) is 0.919. The van der Waals surface area contributed by atoms with E-state index in [1.165, 1.54) is 17.0 Å². The topological polar surface area (TPSA) is 49.4 Å². The third-order valence-electron chi connectivity index (χ3n) is 2.74. The average molecular weight is 331 g/mol. The van der Waals surface area contributed by atoms with Crippen LogP contribution in [0, 0.1) is 5.82 Å². The van der Waals surface area contributed by atoms with Crippen LogP contribution in [0.1, 0.15) is 24.2 Å². The minimum absolute atomic E-state index is 0.0815. The molecule has 0 aliphatic carbocycles. The summed E-state index contributed by atoms with van der Waals surface area (Å²) in [5, 5.41) is 2.49. The molecule has 104 valence electrons. The van der Waals surface area contributed by atoms with Gasteiger partial charge in [-0.2, -0.15) is 0 Å². The zero-order valence-electron chi connectivity index (χ0n) is 11.0. The van der Waals surface area contributed by atoms with Crippen molar-refractivity contribution in [2.24, 2.45) is 0 Å². The largest absolute Gasteiger partial charge is 0.344 e. The third-order valence-corrected chi connectivity index (χ3v) is 3.24. The number of likely N-dealkylation sites (N-methyl/N-ethyl adjacent to an activating group) is 1. The molecular weight excluding hydrogens is 315 g/mol. The fourth-order valence-corrected chi connectivity index (χ4v) is 1.83. The molecule has 6 heteroatoms. The zero-order chi connectivity index (χ0) is 14.6. The van der Waals surface area contributed by atoms with Gasteiger partial charge < -0.3 is 10.2 Å². The van der Waals surface area contributed by atoms with Crippen LogP contribution in [0.3, 0.4) is 0 Å². The number of carbonyl (C=O) groups excluding carboxylic acids is 2. The number of benzene rings is 1. The van der Waals surface area contributed by atoms with Crippen LogP contribution in [0.4, 0.5) is 4.39 Å². The van der Waals surface area contributed by atoms with E-state index in [2.05, 4.69) is 21.2 Å². The molecule has 0 fully saturated rings. The number of amides is 2. The van der Waals surface area contributed by atoms with Gasteiger partial charge in [-0.1, -0.05) is 15.9 Å². The van der Waals surface area contributed by atoms with Crippen molar-refractivity contribution in [3.05, 3.63) is 34.1 Å². The molecule has 0 saturated heterocycles. The standard InChI is InChI=1S/C13H16BrFN2O2/c1-4-17(3)13(19)8(2)16-12(18)10-6-5-9(14)7-11(10)15/h5-8H,4H2,1-3H3,(H,16,18). The Morgan fingerprint density at radius 3 is 2.63 bits per heavy atom. The lowest BCUT2D eigenvalue weighted by molar-refractivity contribution is -0.131. The van der Waals surface area contributed by atoms with E-state index in [1.807, 2.05) is 6.92 Å². The summed E-state index contributed by atoms with van der Waals surface area (Å²) >= 11 is 3.12. The van der Waals surface area contributed by atoms with Gasteiger partial charge in [-0.25, -0.2) is 4.39 Å². The molecule has 1 aromatic rings. The number of nitrogens with one attached hydrogen (secondary N) is 1. The molecule has 4 nitrogen and oxygen atoms in total. The van der Waals surface area contributed by atoms with Crippen molar-refractivity contribution in [2.75, 3.05) is 13.6 Å². The molecule has 1 unspecified atom stereocenters. The Hall–Kier alpha value is -1.43. The van der Waals surface area contributed by atoms with Gasteiger partial charge in [0.1, 0.15) is 11.9 Å². The van der Waals surface area contributed by atoms with Crippen LogP contribution < -0.4 is 5.32 Å². The molecule has 0 radical (unpaired) electrons. The first-order valence-corrected chi connectivity index (χ1v) is 6.67. The van der Waals surface area contributed by atoms with Crippen molar-refractivity contribution < 1.29 is 14.0 Å². The predicted molar refractivity (Wildman–Crippen MR) is 74.3 cm³/mol. The first kappa shape index (κ1) is 15.6. The van der Waals surface area contributed by atoms with Crippen LogP contribution >= 0.6 is 15.9 Å². The normalized spacial score (nSPS) is 11.8. The average Bonchev–Trinajstić information content (AvgIpc) is 2.36. The summed E-state index contributed by atoms with van der Waals surface area (Å²) in [6.45, 7) is 3.95. The van der Waals surface area contributed by atoms with Gasteiger partial charge in [-0.3, -0.25) is 9.59 Å². The second kappa shape index (κ2) is 6.65. The van der Waals surface area contributed by atoms with Crippen LogP contribution in [0.2, 0.25) is 0 Å². The number of nitrogens with zero attached hydrogens (tertiary/aromatic N) is 1. The van der Waals surface area contributed by atoms with E-state index in [0.29, 0.717) is 11.0 Å². The summed E-state index contributed by atoms with van der Waals surface area (Å²) in [6, 6.07) is 3.46. The molecule has 0 aromatic heterocycles. The van der Waals surface area contributed by atoms with Crippen molar-refractivity contribution in [3.63, 3.8) is 0 Å². The van der Waals surface area contributed by atoms with Crippen molar-refractivity contribution in [2.45, 2.75) is 19.9 Å². The molecule has 19 heavy (non-hydrogen) atoms. The molecule has 1 rings (SSSR count). The molecule has 0 saturated carbocycles. The Kier molecular flexibility index (Phi) is 5.47. The van der Waals surface area contributed by atoms with Crippen LogP contribution in [-0.2, 0) is 4.79 Å². The Labute approximate surface area is 120 Å². The maximum absolute atomic E-state index is 13.6. The monoisotopic (exact) mass is 330 g/mol. The summed E-state index contributed by atoms with van der Waals surface area (Å²) in [6.07, 6.45) is 0. The van der Waals surface area contributed by atoms with Crippen molar-refractivity contribution in [1.82, 2.24) is 10.2 Å². The summed E-state index contributed by atoms with van der Waals surface area (Å²) in [7, 11) is 1.64. The van der Waals surface area contributed by atoms with E-state index >= 15 is 0 Å². The smallest absolute Gasteiger partial charge is 0.254 e. The van der Waals surface area contributed by atoms with Crippen molar-refractivity contribution in [3.8, 4) is 0 Å². The van der Waals surface area contributed by atoms with E-state index in [-0.39, 0.29) is 11.5 Å². The van der Waals surface area contributed by atoms with Crippen LogP contribution in [0.15, 0.2) is 22.7 Å². The Balaban J connectivity index is 2.77. The predicted octanol–water partition coefficient (Wildman–Crippen LogP) is 2.18. The SMILES string of the molecule is CCN(C)C(=O)C(C)NC(=O)c1ccc(Br)cc1F. The van der Waals surface area contributed by atoms with Crippen molar-refractivity contribution >= 4 is 27.7 Å². The molecule has 1 atom stereocenters. The van der Waals surface area contributed by atoms with Gasteiger partial charge in [-0.15, -0.1) is 0 Å². The van der Waals surface area contributed by atoms with E-state index in [4.69, 9.17) is 0 Å². The highest BCUT2D eigenvalue weighted by Crippen LogP contribution is 2.15. The fourth-order valence-electron chi connectivity index (χ4n) is 1.50. The lowest BCUT2D eigenvalue weighted by atomic mass is 10.2. The number of carbonyl (C=O) groups is 2. The van der Waals surface area contributed by atoms with Gasteiger partial charge in [0.2, 0.25) is 5.91 Å². The molecule has 0 bridgehead atoms. The zero-order valence-corrected chi connectivity index (χ0v) is 12.6. The number of halogens is 2. The highest BCUT2D eigenvalue weighted by Gasteiger charge is 2.20. The lowest BCUT2D eigenvalue weighted by Crippen LogP contribution is -2.45. The number of hydrogen-bond donors (Lipinski definition) is 1. The second-order valence-electron chi connectivity index (χ2n) is 4.17. The van der Waals surface area contributed by atoms with Gasteiger partial charge in [0.05, 0.1) is 5.56 Å². The Morgan fingerprint density at radius 2 is 2.11 bits per heavy atom. The van der Waals surface area contributed by atoms with Gasteiger partial charge in [-0.05, 0) is 32.0 Å². The fraction of sp³-hybridized carbons (Fsp3) is 0.385. The van der Waals surface area contributed by atoms with Crippen LogP contribution in [0.25, 0.3) is 0 Å². The molecule has 2 amide bonds. The highest BCUT2D eigenvalue weighted by molar-refractivity contribution is 9.10. The maximum atomic E-state index is 13.6. The summed E-state index contributed by atoms with van der Waals surface area (Å²) in [5.74, 6) is -1.45. The molecule has 1 aromatic carbocycles. The summed E-state index contributed by atoms with van der Waals surface area (Å²) < 4.78 is 14.1. The van der Waals surface area contributed by atoms with E-state index < -0.39 is 17.8 Å². The first-order valence-electron chi connectivity index (χ1n) is 5.87. The van der Waals surface area contributed by atoms with Crippen LogP contribution in [-0.4, -0.2) is 36.3 Å². The Bertz CT molecular complexity index is 494. The van der Waals surface area contributed by atoms with E-state index in [9.17, 15) is 14.0 Å². The minimum atomic E-state index is -0.694. The van der Waals surface area contributed by atoms with Gasteiger partial charge in [0, 0.05) is 18.1 Å². The minimum Gasteiger partial charge on any atom is -0.344 e. The van der Waals surface area contributed by atoms with Crippen LogP contribution in [0.5, 0.6) is 0 Å². The van der Waals surface area contributed by atoms with E-state index in [0.717, 1.165) is 0 Å². The lowest BCUT2D eigenvalue weighted by Gasteiger charge is -2.20. The first-order chi connectivity index (χ1) is 8.86. The molecule has 0 spiro atoms. The molecule has 0 aliphatic heterocycles. The molecular formula is C13H16BrFN2O2. The number of hydrogen-bond acceptors (Lipinski definition) is 2. The molecule has 0 heterocycles. The summed E-state index contributed by atoms with van der Waals surface area (Å²) in [4.78, 5) is 25.1. The molecule has 1 N–H and O–H groups in total. The third kappa shape index (κ3) is 4.02. The van der Waals surface area contributed by atoms with E-state index in [1.54, 1.807) is 20.0 Å². The van der Waals surface area contributed by atoms with Gasteiger partial charge >= 0.3 is 0 Å².